The standard InChI is InChI=1S/C28H26O5/c1-21(2)26(30)32-20-12-19-25(29)33-27(31)28(22-13-6-3-7-14-22,23-15-8-4-9-16-23)24-17-10-5-11-18-24/h3-11,13-18H,1,12,19-20H2,2H3. The lowest BCUT2D eigenvalue weighted by atomic mass is 9.69. The molecule has 0 radical (unpaired) electrons. The van der Waals surface area contributed by atoms with E-state index in [1.54, 1.807) is 6.92 Å². The van der Waals surface area contributed by atoms with Crippen LogP contribution >= 0.6 is 0 Å². The molecular weight excluding hydrogens is 416 g/mol. The van der Waals surface area contributed by atoms with E-state index >= 15 is 0 Å². The van der Waals surface area contributed by atoms with Crippen LogP contribution in [0, 0.1) is 0 Å². The first kappa shape index (κ1) is 23.7. The van der Waals surface area contributed by atoms with Gasteiger partial charge < -0.3 is 9.47 Å². The minimum absolute atomic E-state index is 0.0379. The zero-order valence-corrected chi connectivity index (χ0v) is 18.5. The first-order chi connectivity index (χ1) is 16.0. The van der Waals surface area contributed by atoms with Crippen molar-refractivity contribution in [2.45, 2.75) is 25.2 Å². The average molecular weight is 443 g/mol. The molecule has 0 saturated heterocycles. The van der Waals surface area contributed by atoms with Crippen molar-refractivity contribution in [3.63, 3.8) is 0 Å². The van der Waals surface area contributed by atoms with Crippen LogP contribution in [0.3, 0.4) is 0 Å². The monoisotopic (exact) mass is 442 g/mol. The van der Waals surface area contributed by atoms with E-state index in [2.05, 4.69) is 6.58 Å². The maximum Gasteiger partial charge on any atom is 0.333 e. The van der Waals surface area contributed by atoms with Gasteiger partial charge in [-0.1, -0.05) is 97.6 Å². The van der Waals surface area contributed by atoms with Crippen LogP contribution in [0.25, 0.3) is 0 Å². The Hall–Kier alpha value is -3.99. The smallest absolute Gasteiger partial charge is 0.333 e. The Kier molecular flexibility index (Phi) is 7.92. The molecule has 0 atom stereocenters. The van der Waals surface area contributed by atoms with Gasteiger partial charge in [0.15, 0.2) is 0 Å². The van der Waals surface area contributed by atoms with Crippen LogP contribution < -0.4 is 0 Å². The zero-order valence-electron chi connectivity index (χ0n) is 18.5. The van der Waals surface area contributed by atoms with E-state index in [4.69, 9.17) is 9.47 Å². The summed E-state index contributed by atoms with van der Waals surface area (Å²) in [5, 5.41) is 0. The summed E-state index contributed by atoms with van der Waals surface area (Å²) in [5.74, 6) is -1.88. The van der Waals surface area contributed by atoms with Crippen molar-refractivity contribution in [2.24, 2.45) is 0 Å². The maximum atomic E-state index is 13.8. The summed E-state index contributed by atoms with van der Waals surface area (Å²) in [6.07, 6.45) is 0.170. The van der Waals surface area contributed by atoms with Crippen molar-refractivity contribution in [2.75, 3.05) is 6.61 Å². The molecule has 3 aromatic rings. The van der Waals surface area contributed by atoms with Gasteiger partial charge in [0.1, 0.15) is 5.41 Å². The number of rotatable bonds is 9. The highest BCUT2D eigenvalue weighted by Crippen LogP contribution is 2.40. The molecule has 168 valence electrons. The predicted octanol–water partition coefficient (Wildman–Crippen LogP) is 4.99. The van der Waals surface area contributed by atoms with Crippen LogP contribution in [0.1, 0.15) is 36.5 Å². The molecule has 0 fully saturated rings. The molecule has 0 amide bonds. The van der Waals surface area contributed by atoms with E-state index < -0.39 is 23.3 Å². The molecule has 3 rings (SSSR count). The zero-order chi connectivity index (χ0) is 23.7. The van der Waals surface area contributed by atoms with Crippen LogP contribution in [0.4, 0.5) is 0 Å². The number of hydrogen-bond acceptors (Lipinski definition) is 5. The van der Waals surface area contributed by atoms with Crippen molar-refractivity contribution >= 4 is 17.9 Å². The lowest BCUT2D eigenvalue weighted by molar-refractivity contribution is -0.162. The number of esters is 3. The van der Waals surface area contributed by atoms with Gasteiger partial charge in [0, 0.05) is 12.0 Å². The number of benzene rings is 3. The summed E-state index contributed by atoms with van der Waals surface area (Å²) in [7, 11) is 0. The third-order valence-corrected chi connectivity index (χ3v) is 5.24. The van der Waals surface area contributed by atoms with E-state index in [9.17, 15) is 14.4 Å². The minimum Gasteiger partial charge on any atom is -0.462 e. The van der Waals surface area contributed by atoms with E-state index in [1.165, 1.54) is 0 Å². The van der Waals surface area contributed by atoms with Gasteiger partial charge in [-0.3, -0.25) is 4.79 Å². The maximum absolute atomic E-state index is 13.8. The van der Waals surface area contributed by atoms with Crippen LogP contribution in [0.2, 0.25) is 0 Å². The second kappa shape index (κ2) is 11.0. The Morgan fingerprint density at radius 3 is 1.58 bits per heavy atom. The number of carbonyl (C=O) groups excluding carboxylic acids is 3. The van der Waals surface area contributed by atoms with Crippen LogP contribution in [0.5, 0.6) is 0 Å². The van der Waals surface area contributed by atoms with Crippen molar-refractivity contribution in [3.8, 4) is 0 Å². The topological polar surface area (TPSA) is 69.7 Å². The highest BCUT2D eigenvalue weighted by atomic mass is 16.6. The van der Waals surface area contributed by atoms with Gasteiger partial charge in [-0.05, 0) is 30.0 Å². The molecule has 0 spiro atoms. The third-order valence-electron chi connectivity index (χ3n) is 5.24. The Bertz CT molecular complexity index is 1010. The lowest BCUT2D eigenvalue weighted by Gasteiger charge is -2.33. The molecule has 33 heavy (non-hydrogen) atoms. The Labute approximate surface area is 193 Å². The Morgan fingerprint density at radius 2 is 1.18 bits per heavy atom. The molecule has 0 unspecified atom stereocenters. The molecule has 0 saturated carbocycles. The molecule has 0 N–H and O–H groups in total. The molecule has 0 aromatic heterocycles. The summed E-state index contributed by atoms with van der Waals surface area (Å²) in [6, 6.07) is 27.8. The van der Waals surface area contributed by atoms with Crippen LogP contribution in [0.15, 0.2) is 103 Å². The second-order valence-electron chi connectivity index (χ2n) is 7.63. The van der Waals surface area contributed by atoms with Gasteiger partial charge in [0.05, 0.1) is 6.61 Å². The van der Waals surface area contributed by atoms with Crippen LogP contribution in [-0.4, -0.2) is 24.5 Å². The van der Waals surface area contributed by atoms with Crippen molar-refractivity contribution in [1.29, 1.82) is 0 Å². The van der Waals surface area contributed by atoms with Gasteiger partial charge in [0.2, 0.25) is 0 Å². The molecule has 0 aliphatic heterocycles. The first-order valence-corrected chi connectivity index (χ1v) is 10.7. The molecule has 0 heterocycles. The van der Waals surface area contributed by atoms with Gasteiger partial charge >= 0.3 is 17.9 Å². The summed E-state index contributed by atoms with van der Waals surface area (Å²) >= 11 is 0. The largest absolute Gasteiger partial charge is 0.462 e. The normalized spacial score (nSPS) is 10.8. The SMILES string of the molecule is C=C(C)C(=O)OCCCC(=O)OC(=O)C(c1ccccc1)(c1ccccc1)c1ccccc1. The molecule has 3 aromatic carbocycles. The number of ether oxygens (including phenoxy) is 2. The van der Waals surface area contributed by atoms with Gasteiger partial charge in [-0.15, -0.1) is 0 Å². The highest BCUT2D eigenvalue weighted by molar-refractivity contribution is 5.98. The van der Waals surface area contributed by atoms with E-state index in [1.807, 2.05) is 91.0 Å². The quantitative estimate of drug-likeness (QED) is 0.154. The third kappa shape index (κ3) is 5.44. The summed E-state index contributed by atoms with van der Waals surface area (Å²) in [4.78, 5) is 37.8. The van der Waals surface area contributed by atoms with Crippen molar-refractivity contribution < 1.29 is 23.9 Å². The molecule has 0 bridgehead atoms. The number of hydrogen-bond donors (Lipinski definition) is 0. The van der Waals surface area contributed by atoms with Crippen molar-refractivity contribution in [1.82, 2.24) is 0 Å². The first-order valence-electron chi connectivity index (χ1n) is 10.7. The second-order valence-corrected chi connectivity index (χ2v) is 7.63. The molecule has 0 aliphatic carbocycles. The average Bonchev–Trinajstić information content (AvgIpc) is 2.84. The Morgan fingerprint density at radius 1 is 0.758 bits per heavy atom. The van der Waals surface area contributed by atoms with Gasteiger partial charge in [-0.2, -0.15) is 0 Å². The molecule has 0 aliphatic rings. The summed E-state index contributed by atoms with van der Waals surface area (Å²) in [5.41, 5.74) is 1.03. The summed E-state index contributed by atoms with van der Waals surface area (Å²) < 4.78 is 10.4. The Balaban J connectivity index is 1.92. The fourth-order valence-electron chi connectivity index (χ4n) is 3.65. The summed E-state index contributed by atoms with van der Waals surface area (Å²) in [6.45, 7) is 5.10. The van der Waals surface area contributed by atoms with E-state index in [0.717, 1.165) is 0 Å². The van der Waals surface area contributed by atoms with E-state index in [-0.39, 0.29) is 25.0 Å². The van der Waals surface area contributed by atoms with Crippen LogP contribution in [-0.2, 0) is 29.3 Å². The minimum atomic E-state index is -1.33. The lowest BCUT2D eigenvalue weighted by Crippen LogP contribution is -2.41. The highest BCUT2D eigenvalue weighted by Gasteiger charge is 2.46. The predicted molar refractivity (Wildman–Crippen MR) is 125 cm³/mol. The molecule has 5 nitrogen and oxygen atoms in total. The molecular formula is C28H26O5. The van der Waals surface area contributed by atoms with Crippen molar-refractivity contribution in [3.05, 3.63) is 120 Å². The fraction of sp³-hybridized carbons (Fsp3) is 0.179. The molecule has 5 heteroatoms. The fourth-order valence-corrected chi connectivity index (χ4v) is 3.65. The number of carbonyl (C=O) groups is 3. The van der Waals surface area contributed by atoms with Gasteiger partial charge in [-0.25, -0.2) is 9.59 Å². The van der Waals surface area contributed by atoms with E-state index in [0.29, 0.717) is 16.7 Å². The van der Waals surface area contributed by atoms with Gasteiger partial charge in [0.25, 0.3) is 0 Å².